The molecule has 2 aliphatic rings. The van der Waals surface area contributed by atoms with Crippen LogP contribution >= 0.6 is 11.8 Å². The molecule has 0 bridgehead atoms. The summed E-state index contributed by atoms with van der Waals surface area (Å²) in [6.45, 7) is 4.14. The van der Waals surface area contributed by atoms with Crippen LogP contribution < -0.4 is 15.8 Å². The summed E-state index contributed by atoms with van der Waals surface area (Å²) >= 11 is 1.36. The summed E-state index contributed by atoms with van der Waals surface area (Å²) in [4.78, 5) is 48.9. The zero-order valence-corrected chi connectivity index (χ0v) is 26.5. The summed E-state index contributed by atoms with van der Waals surface area (Å²) in [7, 11) is 0. The highest BCUT2D eigenvalue weighted by Gasteiger charge is 2.28. The van der Waals surface area contributed by atoms with Gasteiger partial charge in [0.2, 0.25) is 11.8 Å². The molecule has 0 spiro atoms. The Hall–Kier alpha value is -4.11. The lowest BCUT2D eigenvalue weighted by molar-refractivity contribution is -0.128. The van der Waals surface area contributed by atoms with Crippen molar-refractivity contribution in [1.82, 2.24) is 19.8 Å². The molecule has 2 heterocycles. The molecule has 1 saturated carbocycles. The van der Waals surface area contributed by atoms with Gasteiger partial charge in [-0.2, -0.15) is 0 Å². The van der Waals surface area contributed by atoms with Crippen molar-refractivity contribution in [2.45, 2.75) is 43.8 Å². The molecule has 45 heavy (non-hydrogen) atoms. The standard InChI is InChI=1S/C36H41N5O3S/c42-33(40-23-21-39(22-24-40)30-11-5-2-6-12-30)26-45-36-38-32-14-8-7-13-31(32)35(44)41(36)25-28-15-17-29(18-16-28)34(43)37-20-19-27-9-3-1-4-10-27/h1-14,28-29H,15-26H2,(H,37,43). The molecule has 6 rings (SSSR count). The first kappa shape index (κ1) is 30.9. The van der Waals surface area contributed by atoms with Gasteiger partial charge in [0.05, 0.1) is 16.7 Å². The number of nitrogens with one attached hydrogen (secondary N) is 1. The van der Waals surface area contributed by atoms with Crippen molar-refractivity contribution >= 4 is 40.2 Å². The minimum Gasteiger partial charge on any atom is -0.368 e. The van der Waals surface area contributed by atoms with Crippen LogP contribution in [0.2, 0.25) is 0 Å². The molecule has 2 amide bonds. The minimum atomic E-state index is -0.0622. The summed E-state index contributed by atoms with van der Waals surface area (Å²) in [5.74, 6) is 0.734. The maximum Gasteiger partial charge on any atom is 0.262 e. The van der Waals surface area contributed by atoms with Gasteiger partial charge in [0.25, 0.3) is 5.56 Å². The monoisotopic (exact) mass is 623 g/mol. The van der Waals surface area contributed by atoms with E-state index in [0.717, 1.165) is 45.2 Å². The highest BCUT2D eigenvalue weighted by Crippen LogP contribution is 2.31. The molecule has 234 valence electrons. The molecule has 0 atom stereocenters. The number of hydrogen-bond donors (Lipinski definition) is 1. The van der Waals surface area contributed by atoms with Crippen LogP contribution in [0.15, 0.2) is 94.9 Å². The van der Waals surface area contributed by atoms with Crippen molar-refractivity contribution in [1.29, 1.82) is 0 Å². The number of piperazine rings is 1. The molecule has 9 heteroatoms. The first-order valence-electron chi connectivity index (χ1n) is 16.1. The third kappa shape index (κ3) is 7.76. The predicted octanol–water partition coefficient (Wildman–Crippen LogP) is 5.00. The molecule has 1 saturated heterocycles. The Morgan fingerprint density at radius 2 is 1.49 bits per heavy atom. The average molecular weight is 624 g/mol. The summed E-state index contributed by atoms with van der Waals surface area (Å²) in [6, 6.07) is 27.9. The fraction of sp³-hybridized carbons (Fsp3) is 0.389. The van der Waals surface area contributed by atoms with E-state index in [2.05, 4.69) is 34.5 Å². The fourth-order valence-corrected chi connectivity index (χ4v) is 7.39. The Kier molecular flexibility index (Phi) is 10.1. The van der Waals surface area contributed by atoms with E-state index in [1.54, 1.807) is 4.57 Å². The van der Waals surface area contributed by atoms with E-state index in [1.807, 2.05) is 65.6 Å². The number of anilines is 1. The van der Waals surface area contributed by atoms with Crippen LogP contribution in [-0.2, 0) is 22.6 Å². The zero-order chi connectivity index (χ0) is 31.0. The van der Waals surface area contributed by atoms with Crippen LogP contribution in [0.1, 0.15) is 31.2 Å². The van der Waals surface area contributed by atoms with E-state index in [4.69, 9.17) is 4.98 Å². The first-order valence-corrected chi connectivity index (χ1v) is 17.1. The predicted molar refractivity (Wildman–Crippen MR) is 181 cm³/mol. The Morgan fingerprint density at radius 3 is 2.22 bits per heavy atom. The topological polar surface area (TPSA) is 87.5 Å². The number of rotatable bonds is 10. The SMILES string of the molecule is O=C(NCCc1ccccc1)C1CCC(Cn2c(SCC(=O)N3CCN(c4ccccc4)CC3)nc3ccccc3c2=O)CC1. The number of amides is 2. The van der Waals surface area contributed by atoms with Gasteiger partial charge in [-0.05, 0) is 67.9 Å². The van der Waals surface area contributed by atoms with Crippen molar-refractivity contribution in [3.8, 4) is 0 Å². The van der Waals surface area contributed by atoms with E-state index >= 15 is 0 Å². The van der Waals surface area contributed by atoms with E-state index in [9.17, 15) is 14.4 Å². The normalized spacial score (nSPS) is 18.6. The van der Waals surface area contributed by atoms with Crippen LogP contribution in [0.5, 0.6) is 0 Å². The second kappa shape index (κ2) is 14.8. The number of thioether (sulfide) groups is 1. The van der Waals surface area contributed by atoms with Crippen molar-refractivity contribution in [2.24, 2.45) is 11.8 Å². The molecule has 0 unspecified atom stereocenters. The lowest BCUT2D eigenvalue weighted by Gasteiger charge is -2.36. The van der Waals surface area contributed by atoms with Crippen LogP contribution in [0.4, 0.5) is 5.69 Å². The van der Waals surface area contributed by atoms with Crippen molar-refractivity contribution in [2.75, 3.05) is 43.4 Å². The minimum absolute atomic E-state index is 0.0114. The number of para-hydroxylation sites is 2. The van der Waals surface area contributed by atoms with Crippen LogP contribution in [-0.4, -0.2) is 64.7 Å². The summed E-state index contributed by atoms with van der Waals surface area (Å²) < 4.78 is 1.78. The largest absolute Gasteiger partial charge is 0.368 e. The molecule has 8 nitrogen and oxygen atoms in total. The maximum atomic E-state index is 13.7. The van der Waals surface area contributed by atoms with Crippen LogP contribution in [0, 0.1) is 11.8 Å². The Bertz CT molecular complexity index is 1650. The van der Waals surface area contributed by atoms with Gasteiger partial charge < -0.3 is 15.1 Å². The van der Waals surface area contributed by atoms with E-state index in [0.29, 0.717) is 42.2 Å². The Labute approximate surface area is 268 Å². The number of carbonyl (C=O) groups is 2. The van der Waals surface area contributed by atoms with Gasteiger partial charge in [-0.3, -0.25) is 19.0 Å². The van der Waals surface area contributed by atoms with Gasteiger partial charge in [0, 0.05) is 50.9 Å². The van der Waals surface area contributed by atoms with Crippen molar-refractivity contribution in [3.05, 3.63) is 101 Å². The van der Waals surface area contributed by atoms with Crippen LogP contribution in [0.25, 0.3) is 10.9 Å². The molecule has 1 N–H and O–H groups in total. The molecule has 1 aliphatic heterocycles. The number of hydrogen-bond acceptors (Lipinski definition) is 6. The second-order valence-corrected chi connectivity index (χ2v) is 13.0. The van der Waals surface area contributed by atoms with Gasteiger partial charge in [-0.15, -0.1) is 0 Å². The van der Waals surface area contributed by atoms with Crippen LogP contribution in [0.3, 0.4) is 0 Å². The Morgan fingerprint density at radius 1 is 0.822 bits per heavy atom. The lowest BCUT2D eigenvalue weighted by atomic mass is 9.81. The quantitative estimate of drug-likeness (QED) is 0.198. The number of carbonyl (C=O) groups excluding carboxylic acids is 2. The van der Waals surface area contributed by atoms with Gasteiger partial charge >= 0.3 is 0 Å². The molecule has 1 aliphatic carbocycles. The van der Waals surface area contributed by atoms with E-state index < -0.39 is 0 Å². The molecular formula is C36H41N5O3S. The first-order chi connectivity index (χ1) is 22.0. The summed E-state index contributed by atoms with van der Waals surface area (Å²) in [5.41, 5.74) is 2.99. The number of nitrogens with zero attached hydrogens (tertiary/aromatic N) is 4. The molecule has 0 radical (unpaired) electrons. The smallest absolute Gasteiger partial charge is 0.262 e. The van der Waals surface area contributed by atoms with Gasteiger partial charge in [0.1, 0.15) is 0 Å². The number of aromatic nitrogens is 2. The number of fused-ring (bicyclic) bond motifs is 1. The molecule has 3 aromatic carbocycles. The highest BCUT2D eigenvalue weighted by atomic mass is 32.2. The average Bonchev–Trinajstić information content (AvgIpc) is 3.10. The van der Waals surface area contributed by atoms with Crippen molar-refractivity contribution in [3.63, 3.8) is 0 Å². The molecular weight excluding hydrogens is 582 g/mol. The second-order valence-electron chi connectivity index (χ2n) is 12.1. The van der Waals surface area contributed by atoms with Gasteiger partial charge in [0.15, 0.2) is 5.16 Å². The molecule has 2 fully saturated rings. The zero-order valence-electron chi connectivity index (χ0n) is 25.6. The van der Waals surface area contributed by atoms with E-state index in [-0.39, 0.29) is 35.0 Å². The maximum absolute atomic E-state index is 13.7. The fourth-order valence-electron chi connectivity index (χ4n) is 6.47. The summed E-state index contributed by atoms with van der Waals surface area (Å²) in [5, 5.41) is 4.31. The van der Waals surface area contributed by atoms with Gasteiger partial charge in [-0.1, -0.05) is 72.4 Å². The number of benzene rings is 3. The third-order valence-corrected chi connectivity index (χ3v) is 10.1. The third-order valence-electron chi connectivity index (χ3n) is 9.12. The molecule has 4 aromatic rings. The lowest BCUT2D eigenvalue weighted by Crippen LogP contribution is -2.49. The highest BCUT2D eigenvalue weighted by molar-refractivity contribution is 7.99. The van der Waals surface area contributed by atoms with Gasteiger partial charge in [-0.25, -0.2) is 4.98 Å². The van der Waals surface area contributed by atoms with E-state index in [1.165, 1.54) is 23.0 Å². The van der Waals surface area contributed by atoms with Crippen molar-refractivity contribution < 1.29 is 9.59 Å². The Balaban J connectivity index is 1.05. The summed E-state index contributed by atoms with van der Waals surface area (Å²) in [6.07, 6.45) is 4.21. The molecule has 1 aromatic heterocycles.